The average Bonchev–Trinajstić information content (AvgIpc) is 3.06. The largest absolute Gasteiger partial charge is 0.573 e. The van der Waals surface area contributed by atoms with Gasteiger partial charge in [-0.1, -0.05) is 32.4 Å². The summed E-state index contributed by atoms with van der Waals surface area (Å²) in [6.45, 7) is 5.64. The lowest BCUT2D eigenvalue weighted by Crippen LogP contribution is -2.54. The summed E-state index contributed by atoms with van der Waals surface area (Å²) in [5, 5.41) is 9.74. The number of benzene rings is 2. The summed E-state index contributed by atoms with van der Waals surface area (Å²) < 4.78 is 57.5. The third kappa shape index (κ3) is 5.15. The Morgan fingerprint density at radius 1 is 1.09 bits per heavy atom. The maximum atomic E-state index is 12.3. The van der Waals surface area contributed by atoms with Crippen LogP contribution in [-0.2, 0) is 11.2 Å². The molecular formula is C22H22ClF3O6. The van der Waals surface area contributed by atoms with Crippen molar-refractivity contribution in [2.24, 2.45) is 5.41 Å². The molecule has 0 unspecified atom stereocenters. The Labute approximate surface area is 187 Å². The zero-order valence-corrected chi connectivity index (χ0v) is 18.3. The maximum absolute atomic E-state index is 12.3. The van der Waals surface area contributed by atoms with Crippen LogP contribution in [-0.4, -0.2) is 36.3 Å². The first-order chi connectivity index (χ1) is 14.8. The van der Waals surface area contributed by atoms with Crippen molar-refractivity contribution in [2.75, 3.05) is 13.2 Å². The van der Waals surface area contributed by atoms with Crippen molar-refractivity contribution in [3.8, 4) is 23.0 Å². The zero-order chi connectivity index (χ0) is 23.7. The quantitative estimate of drug-likeness (QED) is 0.534. The summed E-state index contributed by atoms with van der Waals surface area (Å²) in [6, 6.07) is 8.43. The summed E-state index contributed by atoms with van der Waals surface area (Å²) in [5.41, 5.74) is -1.27. The Balaban J connectivity index is 1.57. The van der Waals surface area contributed by atoms with E-state index in [1.165, 1.54) is 6.07 Å². The third-order valence-electron chi connectivity index (χ3n) is 5.06. The number of carboxylic acid groups (broad SMARTS) is 1. The minimum Gasteiger partial charge on any atom is -0.490 e. The number of alkyl halides is 3. The number of fused-ring (bicyclic) bond motifs is 1. The van der Waals surface area contributed by atoms with Gasteiger partial charge in [0.2, 0.25) is 5.60 Å². The van der Waals surface area contributed by atoms with E-state index in [-0.39, 0.29) is 30.4 Å². The molecule has 2 aromatic carbocycles. The summed E-state index contributed by atoms with van der Waals surface area (Å²) in [4.78, 5) is 11.9. The molecule has 0 amide bonds. The SMILES string of the molecule is CC(C)(C)[C@@]1(C(=O)O)Cc2cc(OCCOc3ccc(OC(F)(F)F)cc3Cl)ccc2O1. The Kier molecular flexibility index (Phi) is 6.42. The summed E-state index contributed by atoms with van der Waals surface area (Å²) in [6.07, 6.45) is -4.60. The van der Waals surface area contributed by atoms with E-state index in [1.54, 1.807) is 18.2 Å². The van der Waals surface area contributed by atoms with Gasteiger partial charge in [-0.25, -0.2) is 4.79 Å². The van der Waals surface area contributed by atoms with Crippen molar-refractivity contribution in [1.29, 1.82) is 0 Å². The van der Waals surface area contributed by atoms with E-state index in [0.717, 1.165) is 17.7 Å². The van der Waals surface area contributed by atoms with Crippen molar-refractivity contribution in [1.82, 2.24) is 0 Å². The molecule has 1 aliphatic rings. The molecule has 0 saturated heterocycles. The van der Waals surface area contributed by atoms with E-state index in [0.29, 0.717) is 11.5 Å². The smallest absolute Gasteiger partial charge is 0.490 e. The number of ether oxygens (including phenoxy) is 4. The molecule has 1 atom stereocenters. The minimum absolute atomic E-state index is 0.0337. The van der Waals surface area contributed by atoms with Gasteiger partial charge >= 0.3 is 12.3 Å². The van der Waals surface area contributed by atoms with Gasteiger partial charge in [-0.3, -0.25) is 0 Å². The van der Waals surface area contributed by atoms with E-state index in [2.05, 4.69) is 4.74 Å². The van der Waals surface area contributed by atoms with Crippen LogP contribution in [0, 0.1) is 5.41 Å². The first-order valence-corrected chi connectivity index (χ1v) is 10.0. The summed E-state index contributed by atoms with van der Waals surface area (Å²) >= 11 is 5.93. The van der Waals surface area contributed by atoms with Crippen LogP contribution in [0.1, 0.15) is 26.3 Å². The highest BCUT2D eigenvalue weighted by Gasteiger charge is 2.55. The van der Waals surface area contributed by atoms with Gasteiger partial charge in [0, 0.05) is 23.5 Å². The minimum atomic E-state index is -4.81. The highest BCUT2D eigenvalue weighted by Crippen LogP contribution is 2.46. The number of hydrogen-bond acceptors (Lipinski definition) is 5. The lowest BCUT2D eigenvalue weighted by Gasteiger charge is -2.36. The van der Waals surface area contributed by atoms with Crippen molar-refractivity contribution < 1.29 is 42.0 Å². The number of halogens is 4. The molecule has 0 spiro atoms. The Bertz CT molecular complexity index is 1000. The van der Waals surface area contributed by atoms with E-state index >= 15 is 0 Å². The van der Waals surface area contributed by atoms with Crippen molar-refractivity contribution in [3.05, 3.63) is 47.0 Å². The van der Waals surface area contributed by atoms with Crippen molar-refractivity contribution >= 4 is 17.6 Å². The van der Waals surface area contributed by atoms with Crippen LogP contribution in [0.2, 0.25) is 5.02 Å². The fourth-order valence-corrected chi connectivity index (χ4v) is 3.57. The number of carbonyl (C=O) groups is 1. The molecule has 0 saturated carbocycles. The number of rotatable bonds is 7. The predicted octanol–water partition coefficient (Wildman–Crippen LogP) is 5.50. The first kappa shape index (κ1) is 23.8. The Morgan fingerprint density at radius 3 is 2.34 bits per heavy atom. The lowest BCUT2D eigenvalue weighted by atomic mass is 9.74. The van der Waals surface area contributed by atoms with Gasteiger partial charge in [0.25, 0.3) is 0 Å². The second-order valence-corrected chi connectivity index (χ2v) is 8.67. The molecule has 0 aliphatic carbocycles. The monoisotopic (exact) mass is 474 g/mol. The van der Waals surface area contributed by atoms with Gasteiger partial charge in [-0.15, -0.1) is 13.2 Å². The molecule has 3 rings (SSSR count). The van der Waals surface area contributed by atoms with Gasteiger partial charge in [0.1, 0.15) is 36.2 Å². The lowest BCUT2D eigenvalue weighted by molar-refractivity contribution is -0.274. The van der Waals surface area contributed by atoms with E-state index in [9.17, 15) is 23.1 Å². The highest BCUT2D eigenvalue weighted by molar-refractivity contribution is 6.32. The number of carboxylic acids is 1. The fraction of sp³-hybridized carbons (Fsp3) is 0.409. The molecule has 174 valence electrons. The highest BCUT2D eigenvalue weighted by atomic mass is 35.5. The molecule has 0 radical (unpaired) electrons. The molecule has 0 aromatic heterocycles. The van der Waals surface area contributed by atoms with E-state index < -0.39 is 29.1 Å². The molecule has 1 aliphatic heterocycles. The molecule has 1 N–H and O–H groups in total. The van der Waals surface area contributed by atoms with E-state index in [4.69, 9.17) is 25.8 Å². The first-order valence-electron chi connectivity index (χ1n) is 9.67. The van der Waals surface area contributed by atoms with E-state index in [1.807, 2.05) is 20.8 Å². The van der Waals surface area contributed by atoms with Gasteiger partial charge in [0.05, 0.1) is 5.02 Å². The molecule has 1 heterocycles. The molecular weight excluding hydrogens is 453 g/mol. The van der Waals surface area contributed by atoms with Crippen LogP contribution in [0.3, 0.4) is 0 Å². The van der Waals surface area contributed by atoms with Crippen LogP contribution in [0.5, 0.6) is 23.0 Å². The zero-order valence-electron chi connectivity index (χ0n) is 17.6. The number of hydrogen-bond donors (Lipinski definition) is 1. The normalized spacial score (nSPS) is 18.0. The second-order valence-electron chi connectivity index (χ2n) is 8.27. The van der Waals surface area contributed by atoms with Crippen LogP contribution in [0.4, 0.5) is 13.2 Å². The second kappa shape index (κ2) is 8.61. The number of aliphatic carboxylic acids is 1. The topological polar surface area (TPSA) is 74.2 Å². The summed E-state index contributed by atoms with van der Waals surface area (Å²) in [7, 11) is 0. The van der Waals surface area contributed by atoms with Crippen molar-refractivity contribution in [2.45, 2.75) is 39.2 Å². The Morgan fingerprint density at radius 2 is 1.75 bits per heavy atom. The molecule has 0 fully saturated rings. The third-order valence-corrected chi connectivity index (χ3v) is 5.35. The molecule has 2 aromatic rings. The molecule has 10 heteroatoms. The van der Waals surface area contributed by atoms with Crippen LogP contribution < -0.4 is 18.9 Å². The van der Waals surface area contributed by atoms with Crippen molar-refractivity contribution in [3.63, 3.8) is 0 Å². The predicted molar refractivity (Wildman–Crippen MR) is 110 cm³/mol. The standard InChI is InChI=1S/C22H22ClF3O6/c1-20(2,3)21(19(27)28)12-13-10-14(4-6-17(13)32-21)29-8-9-30-18-7-5-15(11-16(18)23)31-22(24,25)26/h4-7,10-11H,8-9,12H2,1-3H3,(H,27,28)/t21-/m0/s1. The Hall–Kier alpha value is -2.81. The van der Waals surface area contributed by atoms with Gasteiger partial charge in [0.15, 0.2) is 0 Å². The van der Waals surface area contributed by atoms with Crippen LogP contribution >= 0.6 is 11.6 Å². The maximum Gasteiger partial charge on any atom is 0.573 e. The van der Waals surface area contributed by atoms with Gasteiger partial charge in [-0.05, 0) is 30.3 Å². The van der Waals surface area contributed by atoms with Crippen LogP contribution in [0.25, 0.3) is 0 Å². The van der Waals surface area contributed by atoms with Gasteiger partial charge in [-0.2, -0.15) is 0 Å². The summed E-state index contributed by atoms with van der Waals surface area (Å²) in [5.74, 6) is -0.284. The molecule has 6 nitrogen and oxygen atoms in total. The molecule has 0 bridgehead atoms. The average molecular weight is 475 g/mol. The fourth-order valence-electron chi connectivity index (χ4n) is 3.34. The van der Waals surface area contributed by atoms with Gasteiger partial charge < -0.3 is 24.1 Å². The molecule has 32 heavy (non-hydrogen) atoms. The van der Waals surface area contributed by atoms with Crippen LogP contribution in [0.15, 0.2) is 36.4 Å².